The number of carboxylic acid groups (broad SMARTS) is 1. The van der Waals surface area contributed by atoms with Crippen LogP contribution in [0.2, 0.25) is 5.02 Å². The molecule has 0 fully saturated rings. The molecule has 6 nitrogen and oxygen atoms in total. The molecule has 7 heteroatoms. The van der Waals surface area contributed by atoms with Crippen molar-refractivity contribution in [3.05, 3.63) is 100 Å². The number of amides is 1. The molecule has 0 spiro atoms. The molecule has 33 heavy (non-hydrogen) atoms. The van der Waals surface area contributed by atoms with Gasteiger partial charge in [-0.3, -0.25) is 4.90 Å². The maximum Gasteiger partial charge on any atom is 0.411 e. The average molecular weight is 466 g/mol. The molecule has 1 aliphatic rings. The number of nitrogens with zero attached hydrogens (tertiary/aromatic N) is 1. The number of ether oxygens (including phenoxy) is 2. The molecular formula is C26H24ClNO5. The van der Waals surface area contributed by atoms with Gasteiger partial charge in [-0.15, -0.1) is 0 Å². The highest BCUT2D eigenvalue weighted by Crippen LogP contribution is 2.41. The van der Waals surface area contributed by atoms with E-state index in [-0.39, 0.29) is 0 Å². The summed E-state index contributed by atoms with van der Waals surface area (Å²) >= 11 is 6.31. The van der Waals surface area contributed by atoms with Crippen molar-refractivity contribution >= 4 is 23.7 Å². The van der Waals surface area contributed by atoms with Gasteiger partial charge in [0.1, 0.15) is 11.9 Å². The number of hydrogen-bond donors (Lipinski definition) is 1. The van der Waals surface area contributed by atoms with Crippen molar-refractivity contribution in [2.75, 3.05) is 13.2 Å². The van der Waals surface area contributed by atoms with Crippen molar-refractivity contribution in [3.63, 3.8) is 0 Å². The van der Waals surface area contributed by atoms with E-state index in [1.54, 1.807) is 23.1 Å². The van der Waals surface area contributed by atoms with E-state index in [9.17, 15) is 9.59 Å². The highest BCUT2D eigenvalue weighted by Gasteiger charge is 2.35. The Morgan fingerprint density at radius 3 is 2.55 bits per heavy atom. The SMILES string of the molecule is C[C@H](OC(=O)N1CCc2ccccc2[C@H]1c1cc(Cl)ccc1OCC(=O)O)c1ccccc1. The molecule has 4 rings (SSSR count). The second-order valence-electron chi connectivity index (χ2n) is 7.85. The Morgan fingerprint density at radius 1 is 1.06 bits per heavy atom. The van der Waals surface area contributed by atoms with Crippen molar-refractivity contribution in [1.82, 2.24) is 4.90 Å². The molecule has 2 atom stereocenters. The van der Waals surface area contributed by atoms with Crippen LogP contribution in [-0.2, 0) is 16.0 Å². The van der Waals surface area contributed by atoms with E-state index in [1.807, 2.05) is 61.5 Å². The first-order valence-corrected chi connectivity index (χ1v) is 11.1. The summed E-state index contributed by atoms with van der Waals surface area (Å²) < 4.78 is 11.4. The fourth-order valence-electron chi connectivity index (χ4n) is 4.11. The number of carboxylic acids is 1. The minimum Gasteiger partial charge on any atom is -0.482 e. The lowest BCUT2D eigenvalue weighted by Gasteiger charge is -2.38. The summed E-state index contributed by atoms with van der Waals surface area (Å²) in [5, 5.41) is 9.56. The number of aliphatic carboxylic acids is 1. The van der Waals surface area contributed by atoms with Crippen LogP contribution in [0.3, 0.4) is 0 Å². The van der Waals surface area contributed by atoms with E-state index in [2.05, 4.69) is 0 Å². The number of carbonyl (C=O) groups excluding carboxylic acids is 1. The molecule has 1 aliphatic heterocycles. The lowest BCUT2D eigenvalue weighted by Crippen LogP contribution is -2.41. The van der Waals surface area contributed by atoms with Gasteiger partial charge < -0.3 is 14.6 Å². The van der Waals surface area contributed by atoms with Gasteiger partial charge in [-0.1, -0.05) is 66.2 Å². The maximum atomic E-state index is 13.4. The van der Waals surface area contributed by atoms with Gasteiger partial charge in [0, 0.05) is 17.1 Å². The largest absolute Gasteiger partial charge is 0.482 e. The summed E-state index contributed by atoms with van der Waals surface area (Å²) in [5.41, 5.74) is 3.54. The van der Waals surface area contributed by atoms with Crippen LogP contribution in [0.1, 0.15) is 41.3 Å². The molecule has 3 aromatic carbocycles. The van der Waals surface area contributed by atoms with E-state index in [1.165, 1.54) is 0 Å². The van der Waals surface area contributed by atoms with Crippen LogP contribution in [0, 0.1) is 0 Å². The second-order valence-corrected chi connectivity index (χ2v) is 8.28. The summed E-state index contributed by atoms with van der Waals surface area (Å²) in [7, 11) is 0. The fraction of sp³-hybridized carbons (Fsp3) is 0.231. The quantitative estimate of drug-likeness (QED) is 0.509. The van der Waals surface area contributed by atoms with Gasteiger partial charge >= 0.3 is 12.1 Å². The van der Waals surface area contributed by atoms with E-state index in [0.29, 0.717) is 29.3 Å². The molecular weight excluding hydrogens is 442 g/mol. The Hall–Kier alpha value is -3.51. The number of fused-ring (bicyclic) bond motifs is 1. The molecule has 170 valence electrons. The Kier molecular flexibility index (Phi) is 6.84. The Bertz CT molecular complexity index is 1150. The third kappa shape index (κ3) is 5.12. The third-order valence-corrected chi connectivity index (χ3v) is 5.92. The topological polar surface area (TPSA) is 76.1 Å². The smallest absolute Gasteiger partial charge is 0.411 e. The highest BCUT2D eigenvalue weighted by molar-refractivity contribution is 6.30. The first-order valence-electron chi connectivity index (χ1n) is 10.7. The summed E-state index contributed by atoms with van der Waals surface area (Å²) in [5.74, 6) is -0.731. The van der Waals surface area contributed by atoms with Crippen LogP contribution in [0.4, 0.5) is 4.79 Å². The van der Waals surface area contributed by atoms with Crippen LogP contribution >= 0.6 is 11.6 Å². The molecule has 1 heterocycles. The van der Waals surface area contributed by atoms with Crippen LogP contribution in [0.15, 0.2) is 72.8 Å². The highest BCUT2D eigenvalue weighted by atomic mass is 35.5. The van der Waals surface area contributed by atoms with Gasteiger partial charge in [0.25, 0.3) is 0 Å². The minimum atomic E-state index is -1.09. The Labute approximate surface area is 197 Å². The van der Waals surface area contributed by atoms with Gasteiger partial charge in [-0.25, -0.2) is 9.59 Å². The van der Waals surface area contributed by atoms with Crippen LogP contribution in [0.25, 0.3) is 0 Å². The van der Waals surface area contributed by atoms with E-state index < -0.39 is 30.8 Å². The molecule has 0 aromatic heterocycles. The monoisotopic (exact) mass is 465 g/mol. The van der Waals surface area contributed by atoms with Crippen LogP contribution in [-0.4, -0.2) is 35.2 Å². The van der Waals surface area contributed by atoms with Crippen molar-refractivity contribution < 1.29 is 24.2 Å². The Balaban J connectivity index is 1.72. The first-order chi connectivity index (χ1) is 15.9. The van der Waals surface area contributed by atoms with Crippen LogP contribution in [0.5, 0.6) is 5.75 Å². The molecule has 0 radical (unpaired) electrons. The average Bonchev–Trinajstić information content (AvgIpc) is 2.82. The summed E-state index contributed by atoms with van der Waals surface area (Å²) in [6.45, 7) is 1.77. The normalized spacial score (nSPS) is 15.9. The van der Waals surface area contributed by atoms with Gasteiger partial charge in [0.15, 0.2) is 6.61 Å². The van der Waals surface area contributed by atoms with E-state index in [4.69, 9.17) is 26.2 Å². The lowest BCUT2D eigenvalue weighted by molar-refractivity contribution is -0.139. The molecule has 1 amide bonds. The molecule has 0 bridgehead atoms. The lowest BCUT2D eigenvalue weighted by atomic mass is 9.88. The standard InChI is InChI=1S/C26H24ClNO5/c1-17(18-7-3-2-4-8-18)33-26(31)28-14-13-19-9-5-6-10-21(19)25(28)22-15-20(27)11-12-23(22)32-16-24(29)30/h2-12,15,17,25H,13-14,16H2,1H3,(H,29,30)/t17-,25-/m0/s1. The molecule has 0 saturated heterocycles. The number of benzene rings is 3. The predicted molar refractivity (Wildman–Crippen MR) is 125 cm³/mol. The fourth-order valence-corrected chi connectivity index (χ4v) is 4.29. The molecule has 1 N–H and O–H groups in total. The number of carbonyl (C=O) groups is 2. The third-order valence-electron chi connectivity index (χ3n) is 5.68. The number of hydrogen-bond acceptors (Lipinski definition) is 4. The zero-order valence-electron chi connectivity index (χ0n) is 18.1. The van der Waals surface area contributed by atoms with Gasteiger partial charge in [-0.2, -0.15) is 0 Å². The van der Waals surface area contributed by atoms with Crippen molar-refractivity contribution in [2.45, 2.75) is 25.5 Å². The van der Waals surface area contributed by atoms with E-state index >= 15 is 0 Å². The molecule has 3 aromatic rings. The van der Waals surface area contributed by atoms with Crippen molar-refractivity contribution in [2.24, 2.45) is 0 Å². The van der Waals surface area contributed by atoms with Crippen LogP contribution < -0.4 is 4.74 Å². The van der Waals surface area contributed by atoms with Crippen molar-refractivity contribution in [3.8, 4) is 5.75 Å². The predicted octanol–water partition coefficient (Wildman–Crippen LogP) is 5.65. The number of halogens is 1. The number of rotatable bonds is 6. The van der Waals surface area contributed by atoms with Gasteiger partial charge in [-0.05, 0) is 48.2 Å². The second kappa shape index (κ2) is 9.96. The summed E-state index contributed by atoms with van der Waals surface area (Å²) in [6, 6.07) is 21.8. The Morgan fingerprint density at radius 2 is 1.79 bits per heavy atom. The minimum absolute atomic E-state index is 0.359. The van der Waals surface area contributed by atoms with E-state index in [0.717, 1.165) is 16.7 Å². The first kappa shape index (κ1) is 22.7. The molecule has 0 unspecified atom stereocenters. The maximum absolute atomic E-state index is 13.4. The molecule has 0 aliphatic carbocycles. The van der Waals surface area contributed by atoms with Gasteiger partial charge in [0.05, 0.1) is 6.04 Å². The zero-order valence-corrected chi connectivity index (χ0v) is 18.9. The molecule has 0 saturated carbocycles. The summed E-state index contributed by atoms with van der Waals surface area (Å²) in [6.07, 6.45) is -0.221. The van der Waals surface area contributed by atoms with Crippen molar-refractivity contribution in [1.29, 1.82) is 0 Å². The summed E-state index contributed by atoms with van der Waals surface area (Å²) in [4.78, 5) is 26.1. The zero-order chi connectivity index (χ0) is 23.4. The van der Waals surface area contributed by atoms with Gasteiger partial charge in [0.2, 0.25) is 0 Å².